The van der Waals surface area contributed by atoms with Crippen LogP contribution in [-0.2, 0) is 6.42 Å². The summed E-state index contributed by atoms with van der Waals surface area (Å²) in [5.74, 6) is -0.0253. The smallest absolute Gasteiger partial charge is 0.257 e. The number of nitrogens with one attached hydrogen (secondary N) is 1. The van der Waals surface area contributed by atoms with Crippen LogP contribution in [0.15, 0.2) is 42.6 Å². The van der Waals surface area contributed by atoms with Gasteiger partial charge in [-0.2, -0.15) is 0 Å². The van der Waals surface area contributed by atoms with E-state index in [4.69, 9.17) is 0 Å². The third kappa shape index (κ3) is 3.92. The summed E-state index contributed by atoms with van der Waals surface area (Å²) in [5.41, 5.74) is 5.07. The number of hydrogen-bond acceptors (Lipinski definition) is 4. The molecule has 0 fully saturated rings. The number of anilines is 2. The summed E-state index contributed by atoms with van der Waals surface area (Å²) in [6.45, 7) is 9.35. The first-order chi connectivity index (χ1) is 13.1. The zero-order chi connectivity index (χ0) is 19.4. The van der Waals surface area contributed by atoms with Crippen molar-refractivity contribution in [2.24, 2.45) is 0 Å². The Hall–Kier alpha value is -2.95. The largest absolute Gasteiger partial charge is 0.354 e. The maximum Gasteiger partial charge on any atom is 0.257 e. The molecule has 27 heavy (non-hydrogen) atoms. The van der Waals surface area contributed by atoms with Gasteiger partial charge >= 0.3 is 0 Å². The van der Waals surface area contributed by atoms with Crippen LogP contribution in [0.25, 0.3) is 11.0 Å². The van der Waals surface area contributed by atoms with Crippen LogP contribution in [0.3, 0.4) is 0 Å². The minimum Gasteiger partial charge on any atom is -0.354 e. The highest BCUT2D eigenvalue weighted by Crippen LogP contribution is 2.29. The summed E-state index contributed by atoms with van der Waals surface area (Å²) >= 11 is 0. The van der Waals surface area contributed by atoms with Crippen LogP contribution in [0, 0.1) is 6.92 Å². The van der Waals surface area contributed by atoms with Gasteiger partial charge in [-0.05, 0) is 57.0 Å². The van der Waals surface area contributed by atoms with Gasteiger partial charge in [0.2, 0.25) is 0 Å². The lowest BCUT2D eigenvalue weighted by atomic mass is 10.1. The minimum absolute atomic E-state index is 0.0253. The lowest BCUT2D eigenvalue weighted by Gasteiger charge is -2.21. The highest BCUT2D eigenvalue weighted by atomic mass is 16.2. The van der Waals surface area contributed by atoms with Gasteiger partial charge in [-0.3, -0.25) is 4.79 Å². The van der Waals surface area contributed by atoms with Crippen LogP contribution >= 0.6 is 0 Å². The number of nitrogens with zero attached hydrogens (tertiary/aromatic N) is 3. The molecular formula is C22H26N4O. The Bertz CT molecular complexity index is 946. The van der Waals surface area contributed by atoms with Gasteiger partial charge in [-0.1, -0.05) is 19.1 Å². The number of fused-ring (bicyclic) bond motifs is 1. The number of aryl methyl sites for hydroxylation is 2. The third-order valence-corrected chi connectivity index (χ3v) is 4.78. The van der Waals surface area contributed by atoms with Crippen molar-refractivity contribution < 1.29 is 4.79 Å². The summed E-state index contributed by atoms with van der Waals surface area (Å²) < 4.78 is 0. The predicted octanol–water partition coefficient (Wildman–Crippen LogP) is 4.73. The molecule has 0 saturated carbocycles. The molecule has 3 rings (SSSR count). The van der Waals surface area contributed by atoms with Crippen molar-refractivity contribution >= 4 is 28.3 Å². The molecule has 0 bridgehead atoms. The molecule has 0 aliphatic heterocycles. The quantitative estimate of drug-likeness (QED) is 0.689. The lowest BCUT2D eigenvalue weighted by molar-refractivity contribution is 0.0774. The Morgan fingerprint density at radius 3 is 2.37 bits per heavy atom. The Morgan fingerprint density at radius 2 is 1.74 bits per heavy atom. The van der Waals surface area contributed by atoms with E-state index in [0.717, 1.165) is 28.9 Å². The number of amides is 1. The van der Waals surface area contributed by atoms with Crippen molar-refractivity contribution in [3.05, 3.63) is 59.4 Å². The molecule has 5 heteroatoms. The van der Waals surface area contributed by atoms with E-state index in [2.05, 4.69) is 34.3 Å². The van der Waals surface area contributed by atoms with Crippen LogP contribution < -0.4 is 5.32 Å². The summed E-state index contributed by atoms with van der Waals surface area (Å²) in [4.78, 5) is 23.8. The van der Waals surface area contributed by atoms with Crippen molar-refractivity contribution in [3.63, 3.8) is 0 Å². The highest BCUT2D eigenvalue weighted by molar-refractivity contribution is 6.07. The van der Waals surface area contributed by atoms with Gasteiger partial charge in [0, 0.05) is 36.1 Å². The molecule has 0 atom stereocenters. The normalized spacial score (nSPS) is 10.8. The van der Waals surface area contributed by atoms with E-state index in [0.29, 0.717) is 24.3 Å². The number of rotatable bonds is 6. The molecular weight excluding hydrogens is 336 g/mol. The fourth-order valence-corrected chi connectivity index (χ4v) is 3.12. The first-order valence-corrected chi connectivity index (χ1v) is 9.48. The van der Waals surface area contributed by atoms with Crippen molar-refractivity contribution in [1.82, 2.24) is 14.9 Å². The van der Waals surface area contributed by atoms with Crippen LogP contribution in [0.4, 0.5) is 11.4 Å². The van der Waals surface area contributed by atoms with E-state index in [1.54, 1.807) is 11.1 Å². The zero-order valence-electron chi connectivity index (χ0n) is 16.4. The van der Waals surface area contributed by atoms with Gasteiger partial charge in [0.05, 0.1) is 11.3 Å². The Labute approximate surface area is 160 Å². The molecule has 2 heterocycles. The molecule has 3 aromatic rings. The number of aromatic nitrogens is 2. The second kappa shape index (κ2) is 8.16. The van der Waals surface area contributed by atoms with Gasteiger partial charge in [0.15, 0.2) is 5.65 Å². The van der Waals surface area contributed by atoms with Crippen LogP contribution in [0.2, 0.25) is 0 Å². The van der Waals surface area contributed by atoms with E-state index in [-0.39, 0.29) is 5.91 Å². The summed E-state index contributed by atoms with van der Waals surface area (Å²) in [6, 6.07) is 12.2. The molecule has 2 aromatic heterocycles. The van der Waals surface area contributed by atoms with E-state index < -0.39 is 0 Å². The van der Waals surface area contributed by atoms with Crippen molar-refractivity contribution in [2.45, 2.75) is 34.1 Å². The van der Waals surface area contributed by atoms with Gasteiger partial charge in [-0.25, -0.2) is 9.97 Å². The fourth-order valence-electron chi connectivity index (χ4n) is 3.12. The van der Waals surface area contributed by atoms with Crippen molar-refractivity contribution in [1.29, 1.82) is 0 Å². The zero-order valence-corrected chi connectivity index (χ0v) is 16.4. The number of carbonyl (C=O) groups excluding carboxylic acids is 1. The average Bonchev–Trinajstić information content (AvgIpc) is 2.69. The molecule has 0 saturated heterocycles. The molecule has 0 aliphatic carbocycles. The van der Waals surface area contributed by atoms with Crippen LogP contribution in [0.1, 0.15) is 42.4 Å². The second-order valence-electron chi connectivity index (χ2n) is 6.52. The molecule has 0 radical (unpaired) electrons. The van der Waals surface area contributed by atoms with Crippen LogP contribution in [0.5, 0.6) is 0 Å². The summed E-state index contributed by atoms with van der Waals surface area (Å²) in [7, 11) is 0. The highest BCUT2D eigenvalue weighted by Gasteiger charge is 2.20. The molecule has 140 valence electrons. The summed E-state index contributed by atoms with van der Waals surface area (Å²) in [5, 5.41) is 4.29. The SMILES string of the molecule is CCc1ccc(Nc2c(C(=O)N(CC)CC)cnc3nc(C)ccc23)cc1. The maximum atomic E-state index is 13.1. The number of carbonyl (C=O) groups is 1. The van der Waals surface area contributed by atoms with E-state index in [1.165, 1.54) is 5.56 Å². The molecule has 0 unspecified atom stereocenters. The number of hydrogen-bond donors (Lipinski definition) is 1. The van der Waals surface area contributed by atoms with E-state index >= 15 is 0 Å². The second-order valence-corrected chi connectivity index (χ2v) is 6.52. The first kappa shape index (κ1) is 18.8. The molecule has 5 nitrogen and oxygen atoms in total. The van der Waals surface area contributed by atoms with Gasteiger partial charge < -0.3 is 10.2 Å². The number of benzene rings is 1. The molecule has 0 aliphatic rings. The molecule has 1 N–H and O–H groups in total. The Morgan fingerprint density at radius 1 is 1.04 bits per heavy atom. The van der Waals surface area contributed by atoms with E-state index in [9.17, 15) is 4.79 Å². The first-order valence-electron chi connectivity index (χ1n) is 9.48. The van der Waals surface area contributed by atoms with Crippen molar-refractivity contribution in [3.8, 4) is 0 Å². The van der Waals surface area contributed by atoms with Crippen molar-refractivity contribution in [2.75, 3.05) is 18.4 Å². The fraction of sp³-hybridized carbons (Fsp3) is 0.318. The number of pyridine rings is 2. The van der Waals surface area contributed by atoms with Gasteiger partial charge in [0.25, 0.3) is 5.91 Å². The monoisotopic (exact) mass is 362 g/mol. The summed E-state index contributed by atoms with van der Waals surface area (Å²) in [6.07, 6.45) is 2.63. The molecule has 1 aromatic carbocycles. The van der Waals surface area contributed by atoms with E-state index in [1.807, 2.05) is 45.0 Å². The molecule has 0 spiro atoms. The Balaban J connectivity index is 2.12. The average molecular weight is 362 g/mol. The standard InChI is InChI=1S/C22H26N4O/c1-5-16-9-11-17(12-10-16)25-20-18-13-8-15(4)24-21(18)23-14-19(20)22(27)26(6-2)7-3/h8-14H,5-7H2,1-4H3,(H,23,24,25). The lowest BCUT2D eigenvalue weighted by Crippen LogP contribution is -2.31. The third-order valence-electron chi connectivity index (χ3n) is 4.78. The topological polar surface area (TPSA) is 58.1 Å². The predicted molar refractivity (Wildman–Crippen MR) is 111 cm³/mol. The molecule has 1 amide bonds. The van der Waals surface area contributed by atoms with Gasteiger partial charge in [-0.15, -0.1) is 0 Å². The minimum atomic E-state index is -0.0253. The van der Waals surface area contributed by atoms with Gasteiger partial charge in [0.1, 0.15) is 0 Å². The maximum absolute atomic E-state index is 13.1. The van der Waals surface area contributed by atoms with Crippen LogP contribution in [-0.4, -0.2) is 33.9 Å². The Kier molecular flexibility index (Phi) is 5.69.